The van der Waals surface area contributed by atoms with Crippen LogP contribution >= 0.6 is 11.6 Å². The zero-order valence-corrected chi connectivity index (χ0v) is 15.9. The van der Waals surface area contributed by atoms with Crippen molar-refractivity contribution in [2.24, 2.45) is 0 Å². The fourth-order valence-corrected chi connectivity index (χ4v) is 3.25. The highest BCUT2D eigenvalue weighted by Crippen LogP contribution is 2.25. The van der Waals surface area contributed by atoms with E-state index in [9.17, 15) is 4.79 Å². The second-order valence-electron chi connectivity index (χ2n) is 6.47. The van der Waals surface area contributed by atoms with Gasteiger partial charge in [0.25, 0.3) is 5.91 Å². The lowest BCUT2D eigenvalue weighted by atomic mass is 9.99. The first-order chi connectivity index (χ1) is 12.5. The first-order valence-electron chi connectivity index (χ1n) is 8.66. The molecule has 0 bridgehead atoms. The summed E-state index contributed by atoms with van der Waals surface area (Å²) in [6, 6.07) is 19.5. The van der Waals surface area contributed by atoms with Crippen molar-refractivity contribution in [3.63, 3.8) is 0 Å². The molecule has 3 nitrogen and oxygen atoms in total. The standard InChI is InChI=1S/C22H22ClNO2/c1-14-13-18(23)11-12-21(14)26-16(3)22(25)24-15(2)19-10-6-8-17-7-4-5-9-20(17)19/h4-13,15-16H,1-3H3,(H,24,25). The quantitative estimate of drug-likeness (QED) is 0.651. The second-order valence-corrected chi connectivity index (χ2v) is 6.90. The van der Waals surface area contributed by atoms with Gasteiger partial charge in [0.1, 0.15) is 5.75 Å². The summed E-state index contributed by atoms with van der Waals surface area (Å²) in [6.07, 6.45) is -0.604. The van der Waals surface area contributed by atoms with E-state index < -0.39 is 6.10 Å². The number of carbonyl (C=O) groups is 1. The summed E-state index contributed by atoms with van der Waals surface area (Å²) in [6.45, 7) is 5.64. The van der Waals surface area contributed by atoms with E-state index in [2.05, 4.69) is 23.5 Å². The Morgan fingerprint density at radius 1 is 1.04 bits per heavy atom. The maximum atomic E-state index is 12.6. The Labute approximate surface area is 158 Å². The molecule has 3 aromatic rings. The Balaban J connectivity index is 1.72. The minimum absolute atomic E-state index is 0.119. The molecule has 3 rings (SSSR count). The zero-order valence-electron chi connectivity index (χ0n) is 15.1. The van der Waals surface area contributed by atoms with E-state index in [1.54, 1.807) is 19.1 Å². The maximum Gasteiger partial charge on any atom is 0.261 e. The Morgan fingerprint density at radius 3 is 2.54 bits per heavy atom. The van der Waals surface area contributed by atoms with Crippen LogP contribution in [0, 0.1) is 6.92 Å². The monoisotopic (exact) mass is 367 g/mol. The first-order valence-corrected chi connectivity index (χ1v) is 9.04. The van der Waals surface area contributed by atoms with Crippen molar-refractivity contribution in [3.05, 3.63) is 76.8 Å². The van der Waals surface area contributed by atoms with Crippen molar-refractivity contribution < 1.29 is 9.53 Å². The van der Waals surface area contributed by atoms with E-state index in [-0.39, 0.29) is 11.9 Å². The van der Waals surface area contributed by atoms with E-state index in [1.165, 1.54) is 0 Å². The Morgan fingerprint density at radius 2 is 1.77 bits per heavy atom. The number of hydrogen-bond donors (Lipinski definition) is 1. The van der Waals surface area contributed by atoms with Gasteiger partial charge in [-0.05, 0) is 60.9 Å². The summed E-state index contributed by atoms with van der Waals surface area (Å²) in [5, 5.41) is 6.00. The summed E-state index contributed by atoms with van der Waals surface area (Å²) in [7, 11) is 0. The number of halogens is 1. The number of amides is 1. The van der Waals surface area contributed by atoms with Crippen molar-refractivity contribution in [1.29, 1.82) is 0 Å². The van der Waals surface area contributed by atoms with Gasteiger partial charge in [-0.25, -0.2) is 0 Å². The summed E-state index contributed by atoms with van der Waals surface area (Å²) < 4.78 is 5.82. The smallest absolute Gasteiger partial charge is 0.261 e. The largest absolute Gasteiger partial charge is 0.481 e. The van der Waals surface area contributed by atoms with E-state index in [4.69, 9.17) is 16.3 Å². The number of hydrogen-bond acceptors (Lipinski definition) is 2. The van der Waals surface area contributed by atoms with Crippen LogP contribution in [0.25, 0.3) is 10.8 Å². The SMILES string of the molecule is Cc1cc(Cl)ccc1OC(C)C(=O)NC(C)c1cccc2ccccc12. The van der Waals surface area contributed by atoms with Gasteiger partial charge in [-0.15, -0.1) is 0 Å². The van der Waals surface area contributed by atoms with E-state index >= 15 is 0 Å². The fraction of sp³-hybridized carbons (Fsp3) is 0.227. The molecule has 2 atom stereocenters. The number of aryl methyl sites for hydroxylation is 1. The lowest BCUT2D eigenvalue weighted by Crippen LogP contribution is -2.37. The zero-order chi connectivity index (χ0) is 18.7. The third kappa shape index (κ3) is 4.00. The fourth-order valence-electron chi connectivity index (χ4n) is 3.03. The van der Waals surface area contributed by atoms with Crippen molar-refractivity contribution >= 4 is 28.3 Å². The van der Waals surface area contributed by atoms with Crippen LogP contribution in [0.1, 0.15) is 31.0 Å². The molecule has 0 aromatic heterocycles. The minimum Gasteiger partial charge on any atom is -0.481 e. The van der Waals surface area contributed by atoms with Gasteiger partial charge >= 0.3 is 0 Å². The molecule has 1 N–H and O–H groups in total. The summed E-state index contributed by atoms with van der Waals surface area (Å²) in [5.41, 5.74) is 1.99. The molecule has 3 aromatic carbocycles. The molecule has 0 saturated carbocycles. The summed E-state index contributed by atoms with van der Waals surface area (Å²) in [4.78, 5) is 12.6. The van der Waals surface area contributed by atoms with Crippen molar-refractivity contribution in [2.45, 2.75) is 32.9 Å². The average Bonchev–Trinajstić information content (AvgIpc) is 2.63. The van der Waals surface area contributed by atoms with Crippen molar-refractivity contribution in [1.82, 2.24) is 5.32 Å². The van der Waals surface area contributed by atoms with Gasteiger partial charge in [-0.3, -0.25) is 4.79 Å². The molecule has 4 heteroatoms. The minimum atomic E-state index is -0.604. The predicted octanol–water partition coefficient (Wildman–Crippen LogP) is 5.45. The topological polar surface area (TPSA) is 38.3 Å². The number of carbonyl (C=O) groups excluding carboxylic acids is 1. The van der Waals surface area contributed by atoms with Crippen molar-refractivity contribution in [3.8, 4) is 5.75 Å². The lowest BCUT2D eigenvalue weighted by Gasteiger charge is -2.21. The molecular formula is C22H22ClNO2. The lowest BCUT2D eigenvalue weighted by molar-refractivity contribution is -0.127. The Bertz CT molecular complexity index is 933. The van der Waals surface area contributed by atoms with E-state index in [0.717, 1.165) is 21.9 Å². The number of rotatable bonds is 5. The number of benzene rings is 3. The van der Waals surface area contributed by atoms with Gasteiger partial charge in [0.05, 0.1) is 6.04 Å². The number of ether oxygens (including phenoxy) is 1. The number of nitrogens with one attached hydrogen (secondary N) is 1. The van der Waals surface area contributed by atoms with E-state index in [1.807, 2.05) is 44.2 Å². The van der Waals surface area contributed by atoms with Crippen LogP contribution < -0.4 is 10.1 Å². The van der Waals surface area contributed by atoms with Crippen LogP contribution in [0.5, 0.6) is 5.75 Å². The number of fused-ring (bicyclic) bond motifs is 1. The molecule has 0 aliphatic carbocycles. The molecule has 0 saturated heterocycles. The Kier molecular flexibility index (Phi) is 5.48. The third-order valence-electron chi connectivity index (χ3n) is 4.46. The molecule has 0 radical (unpaired) electrons. The normalized spacial score (nSPS) is 13.2. The molecular weight excluding hydrogens is 346 g/mol. The second kappa shape index (κ2) is 7.79. The van der Waals surface area contributed by atoms with Crippen LogP contribution in [0.15, 0.2) is 60.7 Å². The molecule has 0 spiro atoms. The maximum absolute atomic E-state index is 12.6. The van der Waals surface area contributed by atoms with Gasteiger partial charge in [0, 0.05) is 5.02 Å². The molecule has 134 valence electrons. The van der Waals surface area contributed by atoms with Gasteiger partial charge in [0.15, 0.2) is 6.10 Å². The van der Waals surface area contributed by atoms with Crippen LogP contribution in [-0.2, 0) is 4.79 Å². The molecule has 0 aliphatic rings. The summed E-state index contributed by atoms with van der Waals surface area (Å²) in [5.74, 6) is 0.509. The highest BCUT2D eigenvalue weighted by Gasteiger charge is 2.19. The Hall–Kier alpha value is -2.52. The van der Waals surface area contributed by atoms with Crippen LogP contribution in [0.2, 0.25) is 5.02 Å². The van der Waals surface area contributed by atoms with Crippen LogP contribution in [0.4, 0.5) is 0 Å². The predicted molar refractivity (Wildman–Crippen MR) is 107 cm³/mol. The van der Waals surface area contributed by atoms with Crippen LogP contribution in [-0.4, -0.2) is 12.0 Å². The molecule has 0 heterocycles. The molecule has 1 amide bonds. The van der Waals surface area contributed by atoms with Gasteiger partial charge in [-0.1, -0.05) is 54.1 Å². The molecule has 0 aliphatic heterocycles. The highest BCUT2D eigenvalue weighted by molar-refractivity contribution is 6.30. The molecule has 2 unspecified atom stereocenters. The van der Waals surface area contributed by atoms with Gasteiger partial charge < -0.3 is 10.1 Å². The molecule has 26 heavy (non-hydrogen) atoms. The van der Waals surface area contributed by atoms with Gasteiger partial charge in [-0.2, -0.15) is 0 Å². The van der Waals surface area contributed by atoms with Crippen LogP contribution in [0.3, 0.4) is 0 Å². The van der Waals surface area contributed by atoms with Gasteiger partial charge in [0.2, 0.25) is 0 Å². The average molecular weight is 368 g/mol. The summed E-state index contributed by atoms with van der Waals surface area (Å²) >= 11 is 5.97. The highest BCUT2D eigenvalue weighted by atomic mass is 35.5. The van der Waals surface area contributed by atoms with E-state index in [0.29, 0.717) is 10.8 Å². The molecule has 0 fully saturated rings. The van der Waals surface area contributed by atoms with Crippen molar-refractivity contribution in [2.75, 3.05) is 0 Å². The third-order valence-corrected chi connectivity index (χ3v) is 4.69. The first kappa shape index (κ1) is 18.3.